The van der Waals surface area contributed by atoms with Crippen LogP contribution in [0.2, 0.25) is 0 Å². The van der Waals surface area contributed by atoms with E-state index in [0.717, 1.165) is 16.9 Å². The van der Waals surface area contributed by atoms with Crippen LogP contribution >= 0.6 is 11.8 Å². The van der Waals surface area contributed by atoms with Crippen LogP contribution in [0, 0.1) is 11.3 Å². The molecule has 6 heteroatoms. The van der Waals surface area contributed by atoms with Gasteiger partial charge >= 0.3 is 0 Å². The van der Waals surface area contributed by atoms with Gasteiger partial charge in [-0.25, -0.2) is 5.43 Å². The summed E-state index contributed by atoms with van der Waals surface area (Å²) in [7, 11) is 1.61. The van der Waals surface area contributed by atoms with Gasteiger partial charge in [0.1, 0.15) is 5.75 Å². The molecule has 0 saturated heterocycles. The molecule has 0 aliphatic carbocycles. The van der Waals surface area contributed by atoms with Crippen LogP contribution in [0.1, 0.15) is 16.7 Å². The number of rotatable bonds is 7. The fraction of sp³-hybridized carbons (Fsp3) is 0.167. The van der Waals surface area contributed by atoms with Gasteiger partial charge in [-0.05, 0) is 47.5 Å². The summed E-state index contributed by atoms with van der Waals surface area (Å²) in [6, 6.07) is 16.8. The van der Waals surface area contributed by atoms with Gasteiger partial charge in [0.15, 0.2) is 0 Å². The van der Waals surface area contributed by atoms with E-state index in [0.29, 0.717) is 17.1 Å². The van der Waals surface area contributed by atoms with Gasteiger partial charge in [-0.2, -0.15) is 10.4 Å². The molecule has 0 aromatic heterocycles. The lowest BCUT2D eigenvalue weighted by atomic mass is 10.2. The quantitative estimate of drug-likeness (QED) is 0.622. The molecule has 0 aliphatic heterocycles. The highest BCUT2D eigenvalue weighted by Gasteiger charge is 2.01. The lowest BCUT2D eigenvalue weighted by Gasteiger charge is -2.02. The average Bonchev–Trinajstić information content (AvgIpc) is 2.63. The molecule has 0 atom stereocenters. The van der Waals surface area contributed by atoms with E-state index < -0.39 is 0 Å². The summed E-state index contributed by atoms with van der Waals surface area (Å²) in [5.41, 5.74) is 5.09. The van der Waals surface area contributed by atoms with E-state index in [1.807, 2.05) is 36.4 Å². The SMILES string of the molecule is COc1ccc(/C=N\NC(=O)CSCc2ccc(C#N)cc2)cc1. The second kappa shape index (κ2) is 9.38. The summed E-state index contributed by atoms with van der Waals surface area (Å²) in [5, 5.41) is 12.7. The van der Waals surface area contributed by atoms with Crippen molar-refractivity contribution in [2.75, 3.05) is 12.9 Å². The average molecular weight is 339 g/mol. The molecule has 0 spiro atoms. The largest absolute Gasteiger partial charge is 0.497 e. The molecule has 2 aromatic carbocycles. The van der Waals surface area contributed by atoms with Crippen molar-refractivity contribution in [3.63, 3.8) is 0 Å². The van der Waals surface area contributed by atoms with Gasteiger partial charge in [0.2, 0.25) is 5.91 Å². The van der Waals surface area contributed by atoms with Crippen molar-refractivity contribution < 1.29 is 9.53 Å². The zero-order valence-electron chi connectivity index (χ0n) is 13.2. The third-order valence-corrected chi connectivity index (χ3v) is 4.11. The number of hydrazone groups is 1. The van der Waals surface area contributed by atoms with Gasteiger partial charge < -0.3 is 4.74 Å². The summed E-state index contributed by atoms with van der Waals surface area (Å²) in [6.45, 7) is 0. The molecule has 2 aromatic rings. The van der Waals surface area contributed by atoms with Crippen LogP contribution in [0.4, 0.5) is 0 Å². The fourth-order valence-electron chi connectivity index (χ4n) is 1.84. The first-order valence-electron chi connectivity index (χ1n) is 7.24. The number of hydrogen-bond acceptors (Lipinski definition) is 5. The Bertz CT molecular complexity index is 734. The molecule has 122 valence electrons. The molecular weight excluding hydrogens is 322 g/mol. The lowest BCUT2D eigenvalue weighted by molar-refractivity contribution is -0.118. The Morgan fingerprint density at radius 3 is 2.58 bits per heavy atom. The van der Waals surface area contributed by atoms with Crippen LogP contribution in [0.15, 0.2) is 53.6 Å². The van der Waals surface area contributed by atoms with E-state index in [1.54, 1.807) is 25.5 Å². The van der Waals surface area contributed by atoms with E-state index in [1.165, 1.54) is 11.8 Å². The number of hydrogen-bond donors (Lipinski definition) is 1. The summed E-state index contributed by atoms with van der Waals surface area (Å²) in [6.07, 6.45) is 1.59. The van der Waals surface area contributed by atoms with Crippen molar-refractivity contribution in [1.29, 1.82) is 5.26 Å². The monoisotopic (exact) mass is 339 g/mol. The van der Waals surface area contributed by atoms with Crippen LogP contribution in [-0.2, 0) is 10.5 Å². The van der Waals surface area contributed by atoms with E-state index >= 15 is 0 Å². The highest BCUT2D eigenvalue weighted by Crippen LogP contribution is 2.13. The topological polar surface area (TPSA) is 74.5 Å². The Morgan fingerprint density at radius 2 is 1.96 bits per heavy atom. The highest BCUT2D eigenvalue weighted by molar-refractivity contribution is 7.99. The minimum absolute atomic E-state index is 0.154. The van der Waals surface area contributed by atoms with Crippen LogP contribution in [-0.4, -0.2) is 25.0 Å². The summed E-state index contributed by atoms with van der Waals surface area (Å²) in [5.74, 6) is 1.65. The van der Waals surface area contributed by atoms with E-state index in [-0.39, 0.29) is 5.91 Å². The second-order valence-corrected chi connectivity index (χ2v) is 5.85. The molecular formula is C18H17N3O2S. The molecule has 0 radical (unpaired) electrons. The van der Waals surface area contributed by atoms with Gasteiger partial charge in [-0.3, -0.25) is 4.79 Å². The molecule has 1 amide bonds. The van der Waals surface area contributed by atoms with Crippen LogP contribution in [0.5, 0.6) is 5.75 Å². The smallest absolute Gasteiger partial charge is 0.250 e. The van der Waals surface area contributed by atoms with Gasteiger partial charge in [-0.1, -0.05) is 12.1 Å². The Hall–Kier alpha value is -2.78. The standard InChI is InChI=1S/C18H17N3O2S/c1-23-17-8-6-15(7-9-17)11-20-21-18(22)13-24-12-16-4-2-14(10-19)3-5-16/h2-9,11H,12-13H2,1H3,(H,21,22)/b20-11-. The number of nitrogens with zero attached hydrogens (tertiary/aromatic N) is 2. The van der Waals surface area contributed by atoms with Crippen molar-refractivity contribution >= 4 is 23.9 Å². The first kappa shape index (κ1) is 17.6. The summed E-state index contributed by atoms with van der Waals surface area (Å²) in [4.78, 5) is 11.7. The molecule has 2 rings (SSSR count). The number of methoxy groups -OCH3 is 1. The van der Waals surface area contributed by atoms with Crippen molar-refractivity contribution in [2.24, 2.45) is 5.10 Å². The number of amides is 1. The van der Waals surface area contributed by atoms with E-state index in [2.05, 4.69) is 16.6 Å². The predicted octanol–water partition coefficient (Wildman–Crippen LogP) is 2.95. The van der Waals surface area contributed by atoms with Crippen molar-refractivity contribution in [3.8, 4) is 11.8 Å². The molecule has 0 saturated carbocycles. The zero-order valence-corrected chi connectivity index (χ0v) is 14.0. The van der Waals surface area contributed by atoms with Crippen molar-refractivity contribution in [2.45, 2.75) is 5.75 Å². The maximum absolute atomic E-state index is 11.7. The number of carbonyl (C=O) groups is 1. The molecule has 1 N–H and O–H groups in total. The Morgan fingerprint density at radius 1 is 1.25 bits per heavy atom. The summed E-state index contributed by atoms with van der Waals surface area (Å²) >= 11 is 1.49. The van der Waals surface area contributed by atoms with E-state index in [4.69, 9.17) is 10.00 Å². The number of ether oxygens (including phenoxy) is 1. The Kier molecular flexibility index (Phi) is 6.87. The number of benzene rings is 2. The molecule has 0 fully saturated rings. The van der Waals surface area contributed by atoms with Crippen molar-refractivity contribution in [3.05, 3.63) is 65.2 Å². The van der Waals surface area contributed by atoms with Crippen LogP contribution < -0.4 is 10.2 Å². The minimum atomic E-state index is -0.154. The normalized spacial score (nSPS) is 10.3. The van der Waals surface area contributed by atoms with Crippen LogP contribution in [0.25, 0.3) is 0 Å². The summed E-state index contributed by atoms with van der Waals surface area (Å²) < 4.78 is 5.07. The fourth-order valence-corrected chi connectivity index (χ4v) is 2.62. The maximum atomic E-state index is 11.7. The maximum Gasteiger partial charge on any atom is 0.250 e. The van der Waals surface area contributed by atoms with Gasteiger partial charge in [0.25, 0.3) is 0 Å². The number of carbonyl (C=O) groups excluding carboxylic acids is 1. The molecule has 0 heterocycles. The molecule has 0 unspecified atom stereocenters. The molecule has 5 nitrogen and oxygen atoms in total. The second-order valence-electron chi connectivity index (χ2n) is 4.87. The Balaban J connectivity index is 1.70. The zero-order chi connectivity index (χ0) is 17.2. The van der Waals surface area contributed by atoms with Gasteiger partial charge in [0.05, 0.1) is 30.7 Å². The Labute approximate surface area is 145 Å². The molecule has 0 bridgehead atoms. The number of nitrogens with one attached hydrogen (secondary N) is 1. The van der Waals surface area contributed by atoms with Crippen LogP contribution in [0.3, 0.4) is 0 Å². The highest BCUT2D eigenvalue weighted by atomic mass is 32.2. The number of nitriles is 1. The lowest BCUT2D eigenvalue weighted by Crippen LogP contribution is -2.19. The first-order valence-corrected chi connectivity index (χ1v) is 8.39. The molecule has 24 heavy (non-hydrogen) atoms. The third kappa shape index (κ3) is 5.78. The first-order chi connectivity index (χ1) is 11.7. The van der Waals surface area contributed by atoms with Gasteiger partial charge in [0, 0.05) is 5.75 Å². The van der Waals surface area contributed by atoms with E-state index in [9.17, 15) is 4.79 Å². The predicted molar refractivity (Wildman–Crippen MR) is 96.0 cm³/mol. The number of thioether (sulfide) groups is 1. The van der Waals surface area contributed by atoms with Gasteiger partial charge in [-0.15, -0.1) is 11.8 Å². The minimum Gasteiger partial charge on any atom is -0.497 e. The van der Waals surface area contributed by atoms with Crippen molar-refractivity contribution in [1.82, 2.24) is 5.43 Å². The third-order valence-electron chi connectivity index (χ3n) is 3.10. The molecule has 0 aliphatic rings.